The van der Waals surface area contributed by atoms with Crippen molar-refractivity contribution in [3.8, 4) is 5.75 Å². The van der Waals surface area contributed by atoms with Gasteiger partial charge in [-0.25, -0.2) is 4.79 Å². The van der Waals surface area contributed by atoms with Gasteiger partial charge in [-0.15, -0.1) is 0 Å². The third-order valence-corrected chi connectivity index (χ3v) is 7.19. The minimum Gasteiger partial charge on any atom is -0.497 e. The smallest absolute Gasteiger partial charge is 0.323 e. The zero-order valence-electron chi connectivity index (χ0n) is 21.7. The number of benzene rings is 2. The summed E-state index contributed by atoms with van der Waals surface area (Å²) in [4.78, 5) is 40.5. The highest BCUT2D eigenvalue weighted by Crippen LogP contribution is 2.39. The molecule has 9 nitrogen and oxygen atoms in total. The Hall–Kier alpha value is -4.27. The van der Waals surface area contributed by atoms with Crippen LogP contribution in [-0.4, -0.2) is 43.2 Å². The van der Waals surface area contributed by atoms with Crippen LogP contribution < -0.4 is 31.1 Å². The molecular formula is C29H33N5O4. The summed E-state index contributed by atoms with van der Waals surface area (Å²) in [5.74, 6) is 0.977. The van der Waals surface area contributed by atoms with Gasteiger partial charge in [-0.2, -0.15) is 0 Å². The van der Waals surface area contributed by atoms with Crippen molar-refractivity contribution in [1.82, 2.24) is 9.88 Å². The Morgan fingerprint density at radius 2 is 1.84 bits per heavy atom. The number of piperidine rings is 1. The van der Waals surface area contributed by atoms with Gasteiger partial charge in [-0.3, -0.25) is 9.59 Å². The van der Waals surface area contributed by atoms with Gasteiger partial charge in [-0.05, 0) is 55.2 Å². The van der Waals surface area contributed by atoms with Crippen LogP contribution in [0.2, 0.25) is 0 Å². The van der Waals surface area contributed by atoms with E-state index >= 15 is 0 Å². The van der Waals surface area contributed by atoms with Gasteiger partial charge in [0.05, 0.1) is 18.5 Å². The van der Waals surface area contributed by atoms with E-state index in [9.17, 15) is 14.4 Å². The highest BCUT2D eigenvalue weighted by molar-refractivity contribution is 6.04. The summed E-state index contributed by atoms with van der Waals surface area (Å²) in [6.07, 6.45) is 1.86. The zero-order chi connectivity index (χ0) is 26.6. The van der Waals surface area contributed by atoms with E-state index in [1.807, 2.05) is 29.7 Å². The number of nitrogens with zero attached hydrogens (tertiary/aromatic N) is 2. The molecule has 9 heteroatoms. The average molecular weight is 516 g/mol. The molecule has 2 aliphatic heterocycles. The standard InChI is InChI=1S/C29H33N5O4/c1-3-12-30-28(36)20-10-11-26(24(14-20)32-29(37)31-22-6-4-7-23(15-22)38-2)33-16-19-13-21(18-33)25-8-5-9-27(35)34(25)17-19/h4-11,14-15,19,21H,3,12-13,16-18H2,1-2H3,(H,30,36)(H2,31,32,37)/t19-,21+/m1/s1. The topological polar surface area (TPSA) is 105 Å². The van der Waals surface area contributed by atoms with Gasteiger partial charge in [0.1, 0.15) is 5.75 Å². The third-order valence-electron chi connectivity index (χ3n) is 7.19. The largest absolute Gasteiger partial charge is 0.497 e. The van der Waals surface area contributed by atoms with E-state index in [-0.39, 0.29) is 17.4 Å². The maximum Gasteiger partial charge on any atom is 0.323 e. The predicted molar refractivity (Wildman–Crippen MR) is 148 cm³/mol. The van der Waals surface area contributed by atoms with Crippen LogP contribution in [-0.2, 0) is 6.54 Å². The van der Waals surface area contributed by atoms with Crippen LogP contribution in [0.1, 0.15) is 41.7 Å². The normalized spacial score (nSPS) is 17.8. The lowest BCUT2D eigenvalue weighted by Gasteiger charge is -2.44. The molecule has 5 rings (SSSR count). The Balaban J connectivity index is 1.43. The lowest BCUT2D eigenvalue weighted by molar-refractivity contribution is 0.0953. The fraction of sp³-hybridized carbons (Fsp3) is 0.345. The summed E-state index contributed by atoms with van der Waals surface area (Å²) in [5.41, 5.74) is 3.57. The van der Waals surface area contributed by atoms with Crippen molar-refractivity contribution < 1.29 is 14.3 Å². The summed E-state index contributed by atoms with van der Waals surface area (Å²) in [6, 6.07) is 17.6. The molecule has 1 fully saturated rings. The van der Waals surface area contributed by atoms with Crippen LogP contribution in [0.25, 0.3) is 0 Å². The molecule has 3 heterocycles. The number of carbonyl (C=O) groups excluding carboxylic acids is 2. The van der Waals surface area contributed by atoms with Crippen molar-refractivity contribution in [2.45, 2.75) is 32.2 Å². The molecule has 0 saturated carbocycles. The lowest BCUT2D eigenvalue weighted by atomic mass is 9.83. The third kappa shape index (κ3) is 5.37. The fourth-order valence-electron chi connectivity index (χ4n) is 5.47. The summed E-state index contributed by atoms with van der Waals surface area (Å²) in [5, 5.41) is 8.72. The molecule has 1 aromatic heterocycles. The monoisotopic (exact) mass is 515 g/mol. The van der Waals surface area contributed by atoms with E-state index in [0.29, 0.717) is 48.2 Å². The van der Waals surface area contributed by atoms with Crippen molar-refractivity contribution in [3.05, 3.63) is 82.3 Å². The number of anilines is 3. The van der Waals surface area contributed by atoms with E-state index in [2.05, 4.69) is 20.9 Å². The summed E-state index contributed by atoms with van der Waals surface area (Å²) in [6.45, 7) is 4.73. The molecule has 3 N–H and O–H groups in total. The van der Waals surface area contributed by atoms with Crippen molar-refractivity contribution in [2.75, 3.05) is 42.3 Å². The number of hydrogen-bond donors (Lipinski definition) is 3. The summed E-state index contributed by atoms with van der Waals surface area (Å²) < 4.78 is 7.15. The first kappa shape index (κ1) is 25.4. The number of fused-ring (bicyclic) bond motifs is 4. The molecule has 0 aliphatic carbocycles. The van der Waals surface area contributed by atoms with Crippen LogP contribution in [0, 0.1) is 5.92 Å². The molecule has 0 spiro atoms. The van der Waals surface area contributed by atoms with Crippen molar-refractivity contribution >= 4 is 29.0 Å². The van der Waals surface area contributed by atoms with Gasteiger partial charge < -0.3 is 30.2 Å². The quantitative estimate of drug-likeness (QED) is 0.436. The van der Waals surface area contributed by atoms with Crippen LogP contribution in [0.15, 0.2) is 65.5 Å². The van der Waals surface area contributed by atoms with E-state index in [0.717, 1.165) is 30.8 Å². The zero-order valence-corrected chi connectivity index (χ0v) is 21.7. The number of carbonyl (C=O) groups is 2. The number of aromatic nitrogens is 1. The summed E-state index contributed by atoms with van der Waals surface area (Å²) >= 11 is 0. The average Bonchev–Trinajstić information content (AvgIpc) is 2.92. The molecule has 3 amide bonds. The Morgan fingerprint density at radius 1 is 1.00 bits per heavy atom. The van der Waals surface area contributed by atoms with E-state index < -0.39 is 6.03 Å². The number of pyridine rings is 1. The first-order valence-electron chi connectivity index (χ1n) is 13.0. The van der Waals surface area contributed by atoms with Gasteiger partial charge in [0.25, 0.3) is 11.5 Å². The van der Waals surface area contributed by atoms with Gasteiger partial charge in [0.15, 0.2) is 0 Å². The molecule has 3 aromatic rings. The molecule has 0 unspecified atom stereocenters. The molecule has 0 radical (unpaired) electrons. The lowest BCUT2D eigenvalue weighted by Crippen LogP contribution is -2.47. The molecular weight excluding hydrogens is 482 g/mol. The summed E-state index contributed by atoms with van der Waals surface area (Å²) in [7, 11) is 1.57. The van der Waals surface area contributed by atoms with Gasteiger partial charge in [0, 0.05) is 61.2 Å². The van der Waals surface area contributed by atoms with Crippen LogP contribution in [0.5, 0.6) is 5.75 Å². The van der Waals surface area contributed by atoms with Gasteiger partial charge in [0.2, 0.25) is 0 Å². The maximum atomic E-state index is 13.0. The van der Waals surface area contributed by atoms with E-state index in [4.69, 9.17) is 4.74 Å². The SMILES string of the molecule is CCCNC(=O)c1ccc(N2C[C@H]3C[C@@H](C2)c2cccc(=O)n2C3)c(NC(=O)Nc2cccc(OC)c2)c1. The van der Waals surface area contributed by atoms with Crippen molar-refractivity contribution in [1.29, 1.82) is 0 Å². The molecule has 2 atom stereocenters. The number of ether oxygens (including phenoxy) is 1. The Bertz CT molecular complexity index is 1400. The van der Waals surface area contributed by atoms with Crippen molar-refractivity contribution in [3.63, 3.8) is 0 Å². The highest BCUT2D eigenvalue weighted by atomic mass is 16.5. The van der Waals surface area contributed by atoms with Gasteiger partial charge in [-0.1, -0.05) is 19.1 Å². The van der Waals surface area contributed by atoms with Crippen LogP contribution >= 0.6 is 0 Å². The molecule has 2 aromatic carbocycles. The number of amides is 3. The molecule has 2 bridgehead atoms. The number of rotatable bonds is 7. The Kier molecular flexibility index (Phi) is 7.35. The number of hydrogen-bond acceptors (Lipinski definition) is 5. The van der Waals surface area contributed by atoms with Crippen LogP contribution in [0.4, 0.5) is 21.9 Å². The number of urea groups is 1. The van der Waals surface area contributed by atoms with Crippen LogP contribution in [0.3, 0.4) is 0 Å². The highest BCUT2D eigenvalue weighted by Gasteiger charge is 2.35. The Morgan fingerprint density at radius 3 is 2.66 bits per heavy atom. The first-order chi connectivity index (χ1) is 18.4. The van der Waals surface area contributed by atoms with Gasteiger partial charge >= 0.3 is 6.03 Å². The van der Waals surface area contributed by atoms with E-state index in [1.54, 1.807) is 49.6 Å². The molecule has 198 valence electrons. The minimum atomic E-state index is -0.417. The number of nitrogens with one attached hydrogen (secondary N) is 3. The second-order valence-electron chi connectivity index (χ2n) is 9.90. The first-order valence-corrected chi connectivity index (χ1v) is 13.0. The van der Waals surface area contributed by atoms with Crippen molar-refractivity contribution in [2.24, 2.45) is 5.92 Å². The second kappa shape index (κ2) is 11.0. The Labute approximate surface area is 221 Å². The molecule has 2 aliphatic rings. The van der Waals surface area contributed by atoms with E-state index in [1.165, 1.54) is 0 Å². The second-order valence-corrected chi connectivity index (χ2v) is 9.90. The molecule has 38 heavy (non-hydrogen) atoms. The molecule has 1 saturated heterocycles. The maximum absolute atomic E-state index is 13.0. The minimum absolute atomic E-state index is 0.0460. The number of methoxy groups -OCH3 is 1. The predicted octanol–water partition coefficient (Wildman–Crippen LogP) is 4.26. The fourth-order valence-corrected chi connectivity index (χ4v) is 5.47.